The Hall–Kier alpha value is -3.55. The molecule has 1 aliphatic heterocycles. The summed E-state index contributed by atoms with van der Waals surface area (Å²) < 4.78 is 5.36. The maximum absolute atomic E-state index is 12.6. The summed E-state index contributed by atoms with van der Waals surface area (Å²) in [4.78, 5) is 35.8. The standard InChI is InChI=1S/C23H27N3O5/c1-31-18-5-2-4-16(12-18)19-8-7-17(13-24-15-27)21-14-26(11-9-20(19)21)23(30)25-10-3-6-22(28)29/h2,4-5,7-8,12,15H,3,6,9-11,13-14H2,1H3,(H,24,27)(H,25,30)(H,28,29). The minimum atomic E-state index is -0.876. The molecule has 0 radical (unpaired) electrons. The largest absolute Gasteiger partial charge is 0.497 e. The van der Waals surface area contributed by atoms with Crippen LogP contribution in [0.25, 0.3) is 11.1 Å². The van der Waals surface area contributed by atoms with Crippen LogP contribution in [0.5, 0.6) is 5.75 Å². The molecule has 2 aromatic carbocycles. The molecule has 0 aliphatic carbocycles. The predicted molar refractivity (Wildman–Crippen MR) is 116 cm³/mol. The molecule has 3 amide bonds. The summed E-state index contributed by atoms with van der Waals surface area (Å²) in [6, 6.07) is 11.7. The van der Waals surface area contributed by atoms with Crippen LogP contribution < -0.4 is 15.4 Å². The third-order valence-corrected chi connectivity index (χ3v) is 5.40. The van der Waals surface area contributed by atoms with E-state index in [0.717, 1.165) is 33.6 Å². The lowest BCUT2D eigenvalue weighted by Crippen LogP contribution is -2.43. The highest BCUT2D eigenvalue weighted by molar-refractivity contribution is 5.76. The zero-order chi connectivity index (χ0) is 22.2. The molecule has 31 heavy (non-hydrogen) atoms. The Kier molecular flexibility index (Phi) is 7.48. The first-order valence-electron chi connectivity index (χ1n) is 10.2. The van der Waals surface area contributed by atoms with Crippen LogP contribution in [0.15, 0.2) is 36.4 Å². The monoisotopic (exact) mass is 425 g/mol. The van der Waals surface area contributed by atoms with Gasteiger partial charge >= 0.3 is 12.0 Å². The SMILES string of the molecule is COc1cccc(-c2ccc(CNC=O)c3c2CCN(C(=O)NCCCC(=O)O)C3)c1. The number of ether oxygens (including phenoxy) is 1. The Labute approximate surface area is 181 Å². The number of nitrogens with zero attached hydrogens (tertiary/aromatic N) is 1. The van der Waals surface area contributed by atoms with Crippen molar-refractivity contribution in [1.82, 2.24) is 15.5 Å². The van der Waals surface area contributed by atoms with Crippen molar-refractivity contribution >= 4 is 18.4 Å². The maximum Gasteiger partial charge on any atom is 0.317 e. The summed E-state index contributed by atoms with van der Waals surface area (Å²) in [6.07, 6.45) is 1.76. The molecule has 0 saturated carbocycles. The first-order valence-corrected chi connectivity index (χ1v) is 10.2. The van der Waals surface area contributed by atoms with Crippen molar-refractivity contribution < 1.29 is 24.2 Å². The molecular weight excluding hydrogens is 398 g/mol. The fourth-order valence-corrected chi connectivity index (χ4v) is 3.84. The highest BCUT2D eigenvalue weighted by Crippen LogP contribution is 2.34. The van der Waals surface area contributed by atoms with Gasteiger partial charge in [-0.1, -0.05) is 24.3 Å². The van der Waals surface area contributed by atoms with Crippen LogP contribution in [0, 0.1) is 0 Å². The molecule has 0 spiro atoms. The van der Waals surface area contributed by atoms with Gasteiger partial charge < -0.3 is 25.4 Å². The zero-order valence-electron chi connectivity index (χ0n) is 17.5. The van der Waals surface area contributed by atoms with Gasteiger partial charge in [0.15, 0.2) is 0 Å². The van der Waals surface area contributed by atoms with Crippen LogP contribution >= 0.6 is 0 Å². The number of hydrogen-bond acceptors (Lipinski definition) is 4. The van der Waals surface area contributed by atoms with Crippen LogP contribution in [0.1, 0.15) is 29.5 Å². The second-order valence-electron chi connectivity index (χ2n) is 7.36. The van der Waals surface area contributed by atoms with Gasteiger partial charge in [-0.25, -0.2) is 4.79 Å². The first-order chi connectivity index (χ1) is 15.0. The lowest BCUT2D eigenvalue weighted by molar-refractivity contribution is -0.137. The fraction of sp³-hybridized carbons (Fsp3) is 0.348. The van der Waals surface area contributed by atoms with E-state index in [-0.39, 0.29) is 12.5 Å². The van der Waals surface area contributed by atoms with E-state index in [9.17, 15) is 14.4 Å². The molecule has 0 unspecified atom stereocenters. The first kappa shape index (κ1) is 22.1. The van der Waals surface area contributed by atoms with Gasteiger partial charge in [0.05, 0.1) is 7.11 Å². The molecule has 1 heterocycles. The van der Waals surface area contributed by atoms with Gasteiger partial charge in [0.25, 0.3) is 0 Å². The van der Waals surface area contributed by atoms with Gasteiger partial charge in [-0.05, 0) is 52.8 Å². The normalized spacial score (nSPS) is 12.6. The summed E-state index contributed by atoms with van der Waals surface area (Å²) in [6.45, 7) is 1.68. The van der Waals surface area contributed by atoms with Gasteiger partial charge in [-0.3, -0.25) is 9.59 Å². The summed E-state index contributed by atoms with van der Waals surface area (Å²) in [5.74, 6) is -0.102. The van der Waals surface area contributed by atoms with Crippen molar-refractivity contribution in [3.8, 4) is 16.9 Å². The highest BCUT2D eigenvalue weighted by atomic mass is 16.5. The van der Waals surface area contributed by atoms with E-state index in [1.807, 2.05) is 30.3 Å². The number of fused-ring (bicyclic) bond motifs is 1. The molecule has 0 saturated heterocycles. The number of amides is 3. The molecule has 1 aliphatic rings. The smallest absolute Gasteiger partial charge is 0.317 e. The van der Waals surface area contributed by atoms with E-state index in [0.29, 0.717) is 45.4 Å². The van der Waals surface area contributed by atoms with Crippen molar-refractivity contribution in [1.29, 1.82) is 0 Å². The molecule has 0 bridgehead atoms. The minimum absolute atomic E-state index is 0.0223. The van der Waals surface area contributed by atoms with Crippen molar-refractivity contribution in [3.05, 3.63) is 53.1 Å². The zero-order valence-corrected chi connectivity index (χ0v) is 17.5. The van der Waals surface area contributed by atoms with Crippen molar-refractivity contribution in [2.75, 3.05) is 20.2 Å². The number of hydrogen-bond donors (Lipinski definition) is 3. The fourth-order valence-electron chi connectivity index (χ4n) is 3.84. The molecule has 3 N–H and O–H groups in total. The average molecular weight is 425 g/mol. The number of urea groups is 1. The van der Waals surface area contributed by atoms with Crippen LogP contribution in [0.4, 0.5) is 4.79 Å². The van der Waals surface area contributed by atoms with Crippen LogP contribution in [-0.2, 0) is 29.1 Å². The van der Waals surface area contributed by atoms with Crippen LogP contribution in [0.3, 0.4) is 0 Å². The molecule has 0 aromatic heterocycles. The molecular formula is C23H27N3O5. The maximum atomic E-state index is 12.6. The minimum Gasteiger partial charge on any atom is -0.497 e. The van der Waals surface area contributed by atoms with Crippen molar-refractivity contribution in [2.24, 2.45) is 0 Å². The van der Waals surface area contributed by atoms with Crippen molar-refractivity contribution in [3.63, 3.8) is 0 Å². The Balaban J connectivity index is 1.84. The van der Waals surface area contributed by atoms with Gasteiger partial charge in [0, 0.05) is 32.6 Å². The average Bonchev–Trinajstić information content (AvgIpc) is 2.79. The third kappa shape index (κ3) is 5.53. The number of nitrogens with one attached hydrogen (secondary N) is 2. The third-order valence-electron chi connectivity index (χ3n) is 5.40. The molecule has 8 heteroatoms. The summed E-state index contributed by atoms with van der Waals surface area (Å²) in [7, 11) is 1.63. The molecule has 164 valence electrons. The lowest BCUT2D eigenvalue weighted by Gasteiger charge is -2.32. The van der Waals surface area contributed by atoms with Gasteiger partial charge in [-0.2, -0.15) is 0 Å². The second-order valence-corrected chi connectivity index (χ2v) is 7.36. The van der Waals surface area contributed by atoms with Crippen LogP contribution in [-0.4, -0.2) is 48.6 Å². The van der Waals surface area contributed by atoms with E-state index in [2.05, 4.69) is 16.7 Å². The number of methoxy groups -OCH3 is 1. The summed E-state index contributed by atoms with van der Waals surface area (Å²) in [5, 5.41) is 14.2. The van der Waals surface area contributed by atoms with Crippen LogP contribution in [0.2, 0.25) is 0 Å². The number of benzene rings is 2. The van der Waals surface area contributed by atoms with E-state index >= 15 is 0 Å². The van der Waals surface area contributed by atoms with Gasteiger partial charge in [0.1, 0.15) is 5.75 Å². The number of carboxylic acids is 1. The Morgan fingerprint density at radius 3 is 2.81 bits per heavy atom. The van der Waals surface area contributed by atoms with E-state index in [1.165, 1.54) is 0 Å². The molecule has 3 rings (SSSR count). The summed E-state index contributed by atoms with van der Waals surface area (Å²) in [5.41, 5.74) is 5.29. The number of carbonyl (C=O) groups is 3. The van der Waals surface area contributed by atoms with Gasteiger partial charge in [-0.15, -0.1) is 0 Å². The lowest BCUT2D eigenvalue weighted by atomic mass is 9.87. The topological polar surface area (TPSA) is 108 Å². The molecule has 0 fully saturated rings. The predicted octanol–water partition coefficient (Wildman–Crippen LogP) is 2.54. The van der Waals surface area contributed by atoms with E-state index < -0.39 is 5.97 Å². The number of carbonyl (C=O) groups excluding carboxylic acids is 2. The van der Waals surface area contributed by atoms with Crippen molar-refractivity contribution in [2.45, 2.75) is 32.4 Å². The van der Waals surface area contributed by atoms with Gasteiger partial charge in [0.2, 0.25) is 6.41 Å². The second kappa shape index (κ2) is 10.5. The highest BCUT2D eigenvalue weighted by Gasteiger charge is 2.25. The molecule has 2 aromatic rings. The summed E-state index contributed by atoms with van der Waals surface area (Å²) >= 11 is 0. The van der Waals surface area contributed by atoms with E-state index in [1.54, 1.807) is 12.0 Å². The quantitative estimate of drug-likeness (QED) is 0.423. The Morgan fingerprint density at radius 1 is 1.23 bits per heavy atom. The Bertz CT molecular complexity index is 960. The Morgan fingerprint density at radius 2 is 2.06 bits per heavy atom. The molecule has 0 atom stereocenters. The number of carboxylic acid groups (broad SMARTS) is 1. The number of rotatable bonds is 9. The number of aliphatic carboxylic acids is 1. The van der Waals surface area contributed by atoms with E-state index in [4.69, 9.17) is 9.84 Å². The molecule has 8 nitrogen and oxygen atoms in total.